The van der Waals surface area contributed by atoms with Crippen LogP contribution < -0.4 is 11.3 Å². The first-order valence-electron chi connectivity index (χ1n) is 6.99. The van der Waals surface area contributed by atoms with E-state index in [9.17, 15) is 9.59 Å². The fourth-order valence-corrected chi connectivity index (χ4v) is 2.34. The van der Waals surface area contributed by atoms with Crippen molar-refractivity contribution >= 4 is 11.8 Å². The van der Waals surface area contributed by atoms with Gasteiger partial charge in [-0.15, -0.1) is 5.10 Å². The summed E-state index contributed by atoms with van der Waals surface area (Å²) in [5.74, 6) is 4.72. The highest BCUT2D eigenvalue weighted by Gasteiger charge is 2.16. The maximum absolute atomic E-state index is 11.4. The molecule has 0 bridgehead atoms. The molecule has 1 saturated heterocycles. The van der Waals surface area contributed by atoms with Crippen molar-refractivity contribution in [1.29, 1.82) is 0 Å². The topological polar surface area (TPSA) is 109 Å². The van der Waals surface area contributed by atoms with Gasteiger partial charge < -0.3 is 4.90 Å². The Balaban J connectivity index is 1.81. The number of hydrogen-bond acceptors (Lipinski definition) is 6. The molecule has 3 N–H and O–H groups in total. The first kappa shape index (κ1) is 15.4. The number of aromatic nitrogens is 3. The third kappa shape index (κ3) is 4.23. The predicted octanol–water partition coefficient (Wildman–Crippen LogP) is -1.56. The highest BCUT2D eigenvalue weighted by molar-refractivity contribution is 5.91. The molecule has 1 aliphatic heterocycles. The monoisotopic (exact) mass is 295 g/mol. The van der Waals surface area contributed by atoms with Crippen LogP contribution in [0.5, 0.6) is 0 Å². The Morgan fingerprint density at radius 2 is 2.10 bits per heavy atom. The molecule has 116 valence electrons. The van der Waals surface area contributed by atoms with E-state index in [0.717, 1.165) is 39.1 Å². The van der Waals surface area contributed by atoms with Crippen molar-refractivity contribution in [1.82, 2.24) is 30.2 Å². The van der Waals surface area contributed by atoms with Gasteiger partial charge in [0.25, 0.3) is 5.91 Å². The number of hydrazine groups is 1. The molecule has 9 heteroatoms. The first-order chi connectivity index (χ1) is 10.1. The lowest BCUT2D eigenvalue weighted by molar-refractivity contribution is -0.128. The van der Waals surface area contributed by atoms with Crippen molar-refractivity contribution in [3.8, 4) is 0 Å². The van der Waals surface area contributed by atoms with Gasteiger partial charge in [-0.25, -0.2) is 5.84 Å². The number of nitrogens with two attached hydrogens (primary N) is 1. The van der Waals surface area contributed by atoms with Crippen molar-refractivity contribution in [3.63, 3.8) is 0 Å². The maximum Gasteiger partial charge on any atom is 0.287 e. The van der Waals surface area contributed by atoms with Crippen LogP contribution in [0.4, 0.5) is 0 Å². The Kier molecular flexibility index (Phi) is 5.23. The molecule has 1 aliphatic rings. The summed E-state index contributed by atoms with van der Waals surface area (Å²) in [5, 5.41) is 7.65. The molecule has 9 nitrogen and oxygen atoms in total. The molecule has 0 saturated carbocycles. The second-order valence-electron chi connectivity index (χ2n) is 5.04. The van der Waals surface area contributed by atoms with Crippen molar-refractivity contribution in [2.75, 3.05) is 32.7 Å². The predicted molar refractivity (Wildman–Crippen MR) is 75.0 cm³/mol. The van der Waals surface area contributed by atoms with E-state index in [4.69, 9.17) is 5.84 Å². The van der Waals surface area contributed by atoms with Crippen LogP contribution in [0.1, 0.15) is 23.8 Å². The molecule has 2 rings (SSSR count). The van der Waals surface area contributed by atoms with Crippen LogP contribution in [0.15, 0.2) is 6.20 Å². The Labute approximate surface area is 123 Å². The van der Waals surface area contributed by atoms with Crippen LogP contribution in [0, 0.1) is 0 Å². The molecule has 0 radical (unpaired) electrons. The molecule has 21 heavy (non-hydrogen) atoms. The zero-order valence-corrected chi connectivity index (χ0v) is 12.2. The third-order valence-corrected chi connectivity index (χ3v) is 3.58. The van der Waals surface area contributed by atoms with Gasteiger partial charge in [-0.05, 0) is 13.0 Å². The number of rotatable bonds is 4. The zero-order valence-electron chi connectivity index (χ0n) is 12.2. The van der Waals surface area contributed by atoms with Gasteiger partial charge in [0.05, 0.1) is 12.7 Å². The number of nitrogen functional groups attached to an aromatic ring is 1. The normalized spacial score (nSPS) is 16.6. The van der Waals surface area contributed by atoms with Crippen LogP contribution in [-0.2, 0) is 11.3 Å². The average Bonchev–Trinajstić information content (AvgIpc) is 2.81. The van der Waals surface area contributed by atoms with Gasteiger partial charge in [0, 0.05) is 33.1 Å². The Morgan fingerprint density at radius 1 is 1.29 bits per heavy atom. The summed E-state index contributed by atoms with van der Waals surface area (Å²) in [6.07, 6.45) is 2.54. The van der Waals surface area contributed by atoms with E-state index in [-0.39, 0.29) is 11.6 Å². The summed E-state index contributed by atoms with van der Waals surface area (Å²) in [7, 11) is 0. The average molecular weight is 295 g/mol. The standard InChI is InChI=1S/C12H21N7O2/c1-10(20)18-4-2-3-17(5-7-18)6-8-19-9-11(15-16-19)12(21)14-13/h9H,2-8,13H2,1H3,(H,14,21). The zero-order chi connectivity index (χ0) is 15.2. The number of carbonyl (C=O) groups is 2. The van der Waals surface area contributed by atoms with Crippen LogP contribution >= 0.6 is 0 Å². The van der Waals surface area contributed by atoms with E-state index >= 15 is 0 Å². The van der Waals surface area contributed by atoms with E-state index in [1.807, 2.05) is 10.3 Å². The Morgan fingerprint density at radius 3 is 2.81 bits per heavy atom. The van der Waals surface area contributed by atoms with Crippen LogP contribution in [-0.4, -0.2) is 69.3 Å². The van der Waals surface area contributed by atoms with Crippen LogP contribution in [0.3, 0.4) is 0 Å². The molecule has 0 unspecified atom stereocenters. The van der Waals surface area contributed by atoms with Crippen molar-refractivity contribution in [2.45, 2.75) is 19.9 Å². The maximum atomic E-state index is 11.4. The second kappa shape index (κ2) is 7.14. The molecule has 1 aromatic rings. The summed E-state index contributed by atoms with van der Waals surface area (Å²) in [6.45, 7) is 6.43. The van der Waals surface area contributed by atoms with E-state index < -0.39 is 5.91 Å². The lowest BCUT2D eigenvalue weighted by Crippen LogP contribution is -2.34. The molecular weight excluding hydrogens is 274 g/mol. The molecule has 2 heterocycles. The Bertz CT molecular complexity index is 502. The van der Waals surface area contributed by atoms with Gasteiger partial charge in [0.15, 0.2) is 5.69 Å². The van der Waals surface area contributed by atoms with Gasteiger partial charge in [-0.2, -0.15) is 0 Å². The SMILES string of the molecule is CC(=O)N1CCCN(CCn2cc(C(=O)NN)nn2)CC1. The van der Waals surface area contributed by atoms with Gasteiger partial charge in [0.2, 0.25) is 5.91 Å². The van der Waals surface area contributed by atoms with E-state index in [1.165, 1.54) is 0 Å². The first-order valence-corrected chi connectivity index (χ1v) is 6.99. The molecular formula is C12H21N7O2. The van der Waals surface area contributed by atoms with Crippen molar-refractivity contribution in [2.24, 2.45) is 5.84 Å². The van der Waals surface area contributed by atoms with Gasteiger partial charge in [-0.1, -0.05) is 5.21 Å². The fourth-order valence-electron chi connectivity index (χ4n) is 2.34. The second-order valence-corrected chi connectivity index (χ2v) is 5.04. The molecule has 0 spiro atoms. The smallest absolute Gasteiger partial charge is 0.287 e. The van der Waals surface area contributed by atoms with Gasteiger partial charge >= 0.3 is 0 Å². The van der Waals surface area contributed by atoms with Crippen LogP contribution in [0.25, 0.3) is 0 Å². The highest BCUT2D eigenvalue weighted by Crippen LogP contribution is 2.04. The summed E-state index contributed by atoms with van der Waals surface area (Å²) < 4.78 is 1.62. The quantitative estimate of drug-likeness (QED) is 0.395. The molecule has 2 amide bonds. The van der Waals surface area contributed by atoms with Gasteiger partial charge in [0.1, 0.15) is 0 Å². The minimum Gasteiger partial charge on any atom is -0.342 e. The highest BCUT2D eigenvalue weighted by atomic mass is 16.2. The lowest BCUT2D eigenvalue weighted by Gasteiger charge is -2.20. The van der Waals surface area contributed by atoms with E-state index in [0.29, 0.717) is 6.54 Å². The van der Waals surface area contributed by atoms with Gasteiger partial charge in [-0.3, -0.25) is 24.6 Å². The number of nitrogens with one attached hydrogen (secondary N) is 1. The number of nitrogens with zero attached hydrogens (tertiary/aromatic N) is 5. The van der Waals surface area contributed by atoms with Crippen molar-refractivity contribution < 1.29 is 9.59 Å². The molecule has 0 aliphatic carbocycles. The summed E-state index contributed by atoms with van der Waals surface area (Å²) >= 11 is 0. The Hall–Kier alpha value is -2.00. The number of amides is 2. The molecule has 1 fully saturated rings. The largest absolute Gasteiger partial charge is 0.342 e. The molecule has 0 atom stereocenters. The van der Waals surface area contributed by atoms with Crippen molar-refractivity contribution in [3.05, 3.63) is 11.9 Å². The lowest BCUT2D eigenvalue weighted by atomic mass is 10.4. The van der Waals surface area contributed by atoms with E-state index in [1.54, 1.807) is 17.8 Å². The molecule has 1 aromatic heterocycles. The fraction of sp³-hybridized carbons (Fsp3) is 0.667. The number of carbonyl (C=O) groups excluding carboxylic acids is 2. The van der Waals surface area contributed by atoms with E-state index in [2.05, 4.69) is 15.2 Å². The minimum absolute atomic E-state index is 0.130. The minimum atomic E-state index is -0.451. The summed E-state index contributed by atoms with van der Waals surface area (Å²) in [5.41, 5.74) is 2.23. The summed E-state index contributed by atoms with van der Waals surface area (Å²) in [4.78, 5) is 26.8. The summed E-state index contributed by atoms with van der Waals surface area (Å²) in [6, 6.07) is 0. The molecule has 0 aromatic carbocycles. The number of hydrogen-bond donors (Lipinski definition) is 2. The van der Waals surface area contributed by atoms with Crippen LogP contribution in [0.2, 0.25) is 0 Å². The third-order valence-electron chi connectivity index (χ3n) is 3.58.